The number of fused-ring (bicyclic) bond motifs is 1. The summed E-state index contributed by atoms with van der Waals surface area (Å²) in [5.41, 5.74) is 2.30. The van der Waals surface area contributed by atoms with Crippen LogP contribution in [0.5, 0.6) is 11.5 Å². The first-order valence-electron chi connectivity index (χ1n) is 8.58. The van der Waals surface area contributed by atoms with Gasteiger partial charge in [-0.1, -0.05) is 30.0 Å². The molecule has 11 heteroatoms. The molecule has 1 aliphatic rings. The molecule has 10 nitrogen and oxygen atoms in total. The Morgan fingerprint density at radius 2 is 2.00 bits per heavy atom. The monoisotopic (exact) mass is 412 g/mol. The predicted octanol–water partition coefficient (Wildman–Crippen LogP) is 2.14. The maximum Gasteiger partial charge on any atom is 0.325 e. The lowest BCUT2D eigenvalue weighted by molar-refractivity contribution is -0.117. The SMILES string of the molecule is Cc1ccccc1-n1nnnc1SCC(=O)NC(=O)Nc1ccc2c(c1)OCO2. The first-order chi connectivity index (χ1) is 14.1. The number of para-hydroxylation sites is 1. The molecule has 1 aliphatic heterocycles. The number of imide groups is 1. The quantitative estimate of drug-likeness (QED) is 0.612. The molecular formula is C18H16N6O4S. The maximum absolute atomic E-state index is 12.1. The largest absolute Gasteiger partial charge is 0.454 e. The number of carbonyl (C=O) groups is 2. The number of aromatic nitrogens is 4. The second kappa shape index (κ2) is 8.19. The van der Waals surface area contributed by atoms with E-state index in [9.17, 15) is 9.59 Å². The molecule has 1 aromatic heterocycles. The number of hydrogen-bond acceptors (Lipinski definition) is 8. The Morgan fingerprint density at radius 1 is 1.17 bits per heavy atom. The molecule has 0 unspecified atom stereocenters. The van der Waals surface area contributed by atoms with Gasteiger partial charge in [-0.3, -0.25) is 10.1 Å². The van der Waals surface area contributed by atoms with E-state index in [-0.39, 0.29) is 12.5 Å². The van der Waals surface area contributed by atoms with E-state index >= 15 is 0 Å². The molecule has 0 spiro atoms. The van der Waals surface area contributed by atoms with Crippen molar-refractivity contribution in [3.63, 3.8) is 0 Å². The van der Waals surface area contributed by atoms with E-state index in [0.29, 0.717) is 22.3 Å². The van der Waals surface area contributed by atoms with Crippen molar-refractivity contribution in [3.8, 4) is 17.2 Å². The highest BCUT2D eigenvalue weighted by Crippen LogP contribution is 2.34. The molecule has 2 heterocycles. The summed E-state index contributed by atoms with van der Waals surface area (Å²) in [6, 6.07) is 11.9. The van der Waals surface area contributed by atoms with Crippen molar-refractivity contribution in [2.24, 2.45) is 0 Å². The van der Waals surface area contributed by atoms with E-state index in [1.807, 2.05) is 31.2 Å². The normalized spacial score (nSPS) is 11.9. The zero-order valence-electron chi connectivity index (χ0n) is 15.3. The number of amides is 3. The van der Waals surface area contributed by atoms with Crippen LogP contribution in [0.25, 0.3) is 5.69 Å². The number of benzene rings is 2. The molecule has 4 rings (SSSR count). The molecule has 0 radical (unpaired) electrons. The van der Waals surface area contributed by atoms with Gasteiger partial charge in [0.05, 0.1) is 11.4 Å². The lowest BCUT2D eigenvalue weighted by Crippen LogP contribution is -2.35. The van der Waals surface area contributed by atoms with Crippen molar-refractivity contribution in [2.45, 2.75) is 12.1 Å². The van der Waals surface area contributed by atoms with Crippen molar-refractivity contribution >= 4 is 29.4 Å². The molecule has 2 N–H and O–H groups in total. The van der Waals surface area contributed by atoms with Crippen LogP contribution in [0.3, 0.4) is 0 Å². The summed E-state index contributed by atoms with van der Waals surface area (Å²) in [6.45, 7) is 2.08. The van der Waals surface area contributed by atoms with Gasteiger partial charge < -0.3 is 14.8 Å². The maximum atomic E-state index is 12.1. The molecule has 0 saturated carbocycles. The highest BCUT2D eigenvalue weighted by Gasteiger charge is 2.16. The van der Waals surface area contributed by atoms with Gasteiger partial charge in [-0.15, -0.1) is 5.10 Å². The van der Waals surface area contributed by atoms with Crippen molar-refractivity contribution < 1.29 is 19.1 Å². The van der Waals surface area contributed by atoms with E-state index < -0.39 is 11.9 Å². The molecule has 2 aromatic carbocycles. The van der Waals surface area contributed by atoms with Gasteiger partial charge >= 0.3 is 6.03 Å². The molecule has 148 valence electrons. The van der Waals surface area contributed by atoms with Crippen LogP contribution in [-0.4, -0.2) is 44.7 Å². The second-order valence-corrected chi connectivity index (χ2v) is 6.96. The highest BCUT2D eigenvalue weighted by molar-refractivity contribution is 7.99. The number of ether oxygens (including phenoxy) is 2. The van der Waals surface area contributed by atoms with Gasteiger partial charge in [0, 0.05) is 11.8 Å². The summed E-state index contributed by atoms with van der Waals surface area (Å²) in [4.78, 5) is 24.2. The Labute approximate surface area is 169 Å². The number of tetrazole rings is 1. The summed E-state index contributed by atoms with van der Waals surface area (Å²) in [6.07, 6.45) is 0. The van der Waals surface area contributed by atoms with Gasteiger partial charge in [0.25, 0.3) is 0 Å². The summed E-state index contributed by atoms with van der Waals surface area (Å²) < 4.78 is 12.0. The average molecular weight is 412 g/mol. The number of thioether (sulfide) groups is 1. The Kier molecular flexibility index (Phi) is 5.29. The van der Waals surface area contributed by atoms with Crippen molar-refractivity contribution in [3.05, 3.63) is 48.0 Å². The second-order valence-electron chi connectivity index (χ2n) is 6.02. The number of anilines is 1. The van der Waals surface area contributed by atoms with E-state index in [2.05, 4.69) is 26.2 Å². The third-order valence-electron chi connectivity index (χ3n) is 4.00. The van der Waals surface area contributed by atoms with Crippen LogP contribution < -0.4 is 20.1 Å². The molecule has 29 heavy (non-hydrogen) atoms. The number of aryl methyl sites for hydroxylation is 1. The van der Waals surface area contributed by atoms with Gasteiger partial charge in [0.15, 0.2) is 11.5 Å². The number of carbonyl (C=O) groups excluding carboxylic acids is 2. The third kappa shape index (κ3) is 4.29. The molecule has 0 atom stereocenters. The Morgan fingerprint density at radius 3 is 2.86 bits per heavy atom. The van der Waals surface area contributed by atoms with Gasteiger partial charge in [-0.25, -0.2) is 4.79 Å². The van der Waals surface area contributed by atoms with Gasteiger partial charge in [0.2, 0.25) is 17.9 Å². The van der Waals surface area contributed by atoms with E-state index in [1.54, 1.807) is 22.9 Å². The van der Waals surface area contributed by atoms with Crippen LogP contribution in [0.15, 0.2) is 47.6 Å². The van der Waals surface area contributed by atoms with Crippen LogP contribution in [0, 0.1) is 6.92 Å². The van der Waals surface area contributed by atoms with Crippen molar-refractivity contribution in [2.75, 3.05) is 17.9 Å². The van der Waals surface area contributed by atoms with Crippen LogP contribution in [0.2, 0.25) is 0 Å². The molecular weight excluding hydrogens is 396 g/mol. The summed E-state index contributed by atoms with van der Waals surface area (Å²) >= 11 is 1.13. The topological polar surface area (TPSA) is 120 Å². The number of urea groups is 1. The predicted molar refractivity (Wildman–Crippen MR) is 104 cm³/mol. The van der Waals surface area contributed by atoms with Crippen LogP contribution in [0.4, 0.5) is 10.5 Å². The first kappa shape index (κ1) is 18.7. The van der Waals surface area contributed by atoms with Crippen LogP contribution in [-0.2, 0) is 4.79 Å². The number of nitrogens with one attached hydrogen (secondary N) is 2. The van der Waals surface area contributed by atoms with Crippen molar-refractivity contribution in [1.29, 1.82) is 0 Å². The van der Waals surface area contributed by atoms with Crippen LogP contribution >= 0.6 is 11.8 Å². The smallest absolute Gasteiger partial charge is 0.325 e. The van der Waals surface area contributed by atoms with E-state index in [1.165, 1.54) is 0 Å². The number of rotatable bonds is 5. The molecule has 3 aromatic rings. The van der Waals surface area contributed by atoms with Gasteiger partial charge in [0.1, 0.15) is 0 Å². The molecule has 0 bridgehead atoms. The lowest BCUT2D eigenvalue weighted by Gasteiger charge is -2.08. The van der Waals surface area contributed by atoms with Crippen molar-refractivity contribution in [1.82, 2.24) is 25.5 Å². The van der Waals surface area contributed by atoms with Crippen LogP contribution in [0.1, 0.15) is 5.56 Å². The van der Waals surface area contributed by atoms with E-state index in [4.69, 9.17) is 9.47 Å². The minimum absolute atomic E-state index is 0.0270. The standard InChI is InChI=1S/C18H16N6O4S/c1-11-4-2-3-5-13(11)24-18(21-22-23-24)29-9-16(25)20-17(26)19-12-6-7-14-15(8-12)28-10-27-14/h2-8H,9-10H2,1H3,(H2,19,20,25,26). The summed E-state index contributed by atoms with van der Waals surface area (Å²) in [5.74, 6) is 0.635. The summed E-state index contributed by atoms with van der Waals surface area (Å²) in [5, 5.41) is 16.9. The molecule has 3 amide bonds. The Hall–Kier alpha value is -3.60. The van der Waals surface area contributed by atoms with Gasteiger partial charge in [-0.2, -0.15) is 4.68 Å². The fourth-order valence-corrected chi connectivity index (χ4v) is 3.33. The first-order valence-corrected chi connectivity index (χ1v) is 9.56. The average Bonchev–Trinajstić information content (AvgIpc) is 3.35. The minimum Gasteiger partial charge on any atom is -0.454 e. The lowest BCUT2D eigenvalue weighted by atomic mass is 10.2. The molecule has 0 aliphatic carbocycles. The molecule has 0 fully saturated rings. The zero-order valence-corrected chi connectivity index (χ0v) is 16.1. The van der Waals surface area contributed by atoms with Gasteiger partial charge in [-0.05, 0) is 41.1 Å². The summed E-state index contributed by atoms with van der Waals surface area (Å²) in [7, 11) is 0. The highest BCUT2D eigenvalue weighted by atomic mass is 32.2. The minimum atomic E-state index is -0.645. The zero-order chi connectivity index (χ0) is 20.2. The fourth-order valence-electron chi connectivity index (χ4n) is 2.65. The Balaban J connectivity index is 1.32. The fraction of sp³-hybridized carbons (Fsp3) is 0.167. The Bertz CT molecular complexity index is 1070. The third-order valence-corrected chi connectivity index (χ3v) is 4.92. The number of nitrogens with zero attached hydrogens (tertiary/aromatic N) is 4. The van der Waals surface area contributed by atoms with E-state index in [0.717, 1.165) is 23.0 Å². The number of hydrogen-bond donors (Lipinski definition) is 2. The molecule has 0 saturated heterocycles.